The summed E-state index contributed by atoms with van der Waals surface area (Å²) in [5.74, 6) is 1.56. The van der Waals surface area contributed by atoms with E-state index >= 15 is 0 Å². The van der Waals surface area contributed by atoms with Gasteiger partial charge in [-0.1, -0.05) is 61.0 Å². The number of fused-ring (bicyclic) bond motifs is 1. The second kappa shape index (κ2) is 6.51. The largest absolute Gasteiger partial charge is 0.493 e. The number of aromatic hydroxyl groups is 1. The fourth-order valence-corrected chi connectivity index (χ4v) is 3.65. The van der Waals surface area contributed by atoms with Gasteiger partial charge in [-0.05, 0) is 36.1 Å². The highest BCUT2D eigenvalue weighted by molar-refractivity contribution is 5.93. The lowest BCUT2D eigenvalue weighted by Crippen LogP contribution is -2.09. The van der Waals surface area contributed by atoms with Gasteiger partial charge in [0.2, 0.25) is 5.88 Å². The maximum absolute atomic E-state index is 10.2. The van der Waals surface area contributed by atoms with E-state index in [9.17, 15) is 5.11 Å². The van der Waals surface area contributed by atoms with Crippen LogP contribution in [0.25, 0.3) is 33.3 Å². The molecule has 1 fully saturated rings. The smallest absolute Gasteiger partial charge is 0.220 e. The van der Waals surface area contributed by atoms with Gasteiger partial charge in [-0.25, -0.2) is 9.97 Å². The van der Waals surface area contributed by atoms with E-state index in [4.69, 9.17) is 4.98 Å². The van der Waals surface area contributed by atoms with Crippen LogP contribution in [0.1, 0.15) is 24.8 Å². The van der Waals surface area contributed by atoms with Gasteiger partial charge < -0.3 is 5.11 Å². The molecule has 5 rings (SSSR count). The molecule has 2 heterocycles. The molecule has 1 aliphatic rings. The highest BCUT2D eigenvalue weighted by Crippen LogP contribution is 2.38. The second-order valence-electron chi connectivity index (χ2n) is 6.99. The summed E-state index contributed by atoms with van der Waals surface area (Å²) < 4.78 is 0. The van der Waals surface area contributed by atoms with E-state index in [0.29, 0.717) is 5.39 Å². The molecule has 0 spiro atoms. The predicted octanol–water partition coefficient (Wildman–Crippen LogP) is 5.78. The summed E-state index contributed by atoms with van der Waals surface area (Å²) in [6.45, 7) is 0. The van der Waals surface area contributed by atoms with Crippen LogP contribution < -0.4 is 0 Å². The van der Waals surface area contributed by atoms with E-state index in [1.807, 2.05) is 30.3 Å². The van der Waals surface area contributed by atoms with Crippen LogP contribution in [0, 0.1) is 5.92 Å². The van der Waals surface area contributed by atoms with Crippen LogP contribution in [0.2, 0.25) is 0 Å². The van der Waals surface area contributed by atoms with Gasteiger partial charge in [-0.15, -0.1) is 0 Å². The van der Waals surface area contributed by atoms with Crippen molar-refractivity contribution in [1.82, 2.24) is 9.97 Å². The normalized spacial score (nSPS) is 14.2. The molecule has 0 aliphatic heterocycles. The Labute approximate surface area is 158 Å². The lowest BCUT2D eigenvalue weighted by atomic mass is 9.80. The minimum atomic E-state index is 0.0143. The van der Waals surface area contributed by atoms with Crippen LogP contribution >= 0.6 is 0 Å². The van der Waals surface area contributed by atoms with Gasteiger partial charge in [0.1, 0.15) is 0 Å². The zero-order valence-electron chi connectivity index (χ0n) is 14.9. The highest BCUT2D eigenvalue weighted by Gasteiger charge is 2.20. The highest BCUT2D eigenvalue weighted by atomic mass is 16.3. The monoisotopic (exact) mass is 351 g/mol. The van der Waals surface area contributed by atoms with Crippen molar-refractivity contribution in [3.63, 3.8) is 0 Å². The fraction of sp³-hybridized carbons (Fsp3) is 0.125. The first-order chi connectivity index (χ1) is 13.3. The van der Waals surface area contributed by atoms with Crippen LogP contribution in [-0.2, 0) is 0 Å². The van der Waals surface area contributed by atoms with Crippen LogP contribution in [0.15, 0.2) is 72.9 Å². The van der Waals surface area contributed by atoms with Crippen LogP contribution in [0.3, 0.4) is 0 Å². The SMILES string of the molecule is Oc1nccc2nc(-c3ccc([C]4CCC4)cc3)c(-c3ccccc3)cc12. The Hall–Kier alpha value is -3.20. The van der Waals surface area contributed by atoms with Gasteiger partial charge in [0, 0.05) is 23.2 Å². The van der Waals surface area contributed by atoms with Crippen molar-refractivity contribution in [2.24, 2.45) is 0 Å². The lowest BCUT2D eigenvalue weighted by Gasteiger charge is -2.25. The van der Waals surface area contributed by atoms with Crippen molar-refractivity contribution in [1.29, 1.82) is 0 Å². The van der Waals surface area contributed by atoms with Crippen molar-refractivity contribution < 1.29 is 5.11 Å². The van der Waals surface area contributed by atoms with E-state index in [0.717, 1.165) is 27.9 Å². The molecule has 0 amide bonds. The summed E-state index contributed by atoms with van der Waals surface area (Å²) >= 11 is 0. The van der Waals surface area contributed by atoms with E-state index < -0.39 is 0 Å². The topological polar surface area (TPSA) is 46.0 Å². The summed E-state index contributed by atoms with van der Waals surface area (Å²) in [6, 6.07) is 22.7. The summed E-state index contributed by atoms with van der Waals surface area (Å²) in [5, 5.41) is 10.8. The summed E-state index contributed by atoms with van der Waals surface area (Å²) in [7, 11) is 0. The first-order valence-electron chi connectivity index (χ1n) is 9.29. The molecule has 0 saturated heterocycles. The Morgan fingerprint density at radius 3 is 2.22 bits per heavy atom. The molecule has 0 bridgehead atoms. The Balaban J connectivity index is 1.69. The van der Waals surface area contributed by atoms with Gasteiger partial charge in [-0.2, -0.15) is 0 Å². The van der Waals surface area contributed by atoms with Gasteiger partial charge in [0.15, 0.2) is 0 Å². The third-order valence-corrected chi connectivity index (χ3v) is 5.33. The van der Waals surface area contributed by atoms with E-state index in [2.05, 4.69) is 41.4 Å². The van der Waals surface area contributed by atoms with Crippen molar-refractivity contribution >= 4 is 10.9 Å². The molecule has 4 aromatic rings. The first-order valence-corrected chi connectivity index (χ1v) is 9.29. The molecule has 1 N–H and O–H groups in total. The fourth-order valence-electron chi connectivity index (χ4n) is 3.65. The minimum Gasteiger partial charge on any atom is -0.493 e. The molecule has 1 aliphatic carbocycles. The maximum Gasteiger partial charge on any atom is 0.220 e. The van der Waals surface area contributed by atoms with Crippen molar-refractivity contribution in [2.75, 3.05) is 0 Å². The maximum atomic E-state index is 10.2. The number of aromatic nitrogens is 2. The Bertz CT molecular complexity index is 1100. The van der Waals surface area contributed by atoms with Gasteiger partial charge >= 0.3 is 0 Å². The average molecular weight is 351 g/mol. The van der Waals surface area contributed by atoms with E-state index in [1.54, 1.807) is 12.1 Å². The number of hydrogen-bond donors (Lipinski definition) is 1. The Morgan fingerprint density at radius 1 is 0.778 bits per heavy atom. The zero-order chi connectivity index (χ0) is 18.2. The molecule has 3 heteroatoms. The van der Waals surface area contributed by atoms with Crippen LogP contribution in [0.4, 0.5) is 0 Å². The molecule has 0 atom stereocenters. The summed E-state index contributed by atoms with van der Waals surface area (Å²) in [6.07, 6.45) is 5.33. The standard InChI is InChI=1S/C24H19N2O/c27-24-21-15-20(18-5-2-1-3-6-18)23(26-22(21)13-14-25-24)19-11-9-17(10-12-19)16-7-4-8-16/h1-3,5-6,9-15H,4,7-8H2,(H,25,27). The third kappa shape index (κ3) is 2.85. The molecule has 0 unspecified atom stereocenters. The molecular weight excluding hydrogens is 332 g/mol. The molecule has 2 aromatic heterocycles. The summed E-state index contributed by atoms with van der Waals surface area (Å²) in [4.78, 5) is 8.89. The zero-order valence-corrected chi connectivity index (χ0v) is 14.9. The van der Waals surface area contributed by atoms with Gasteiger partial charge in [0.25, 0.3) is 0 Å². The van der Waals surface area contributed by atoms with Crippen molar-refractivity contribution in [2.45, 2.75) is 19.3 Å². The molecular formula is C24H19N2O. The third-order valence-electron chi connectivity index (χ3n) is 5.33. The number of benzene rings is 2. The number of pyridine rings is 2. The van der Waals surface area contributed by atoms with E-state index in [-0.39, 0.29) is 5.88 Å². The van der Waals surface area contributed by atoms with Crippen LogP contribution in [0.5, 0.6) is 5.88 Å². The molecule has 1 radical (unpaired) electrons. The minimum absolute atomic E-state index is 0.0143. The van der Waals surface area contributed by atoms with Gasteiger partial charge in [-0.3, -0.25) is 0 Å². The Morgan fingerprint density at radius 2 is 1.52 bits per heavy atom. The lowest BCUT2D eigenvalue weighted by molar-refractivity contribution is 0.460. The molecule has 1 saturated carbocycles. The Kier molecular flexibility index (Phi) is 3.86. The van der Waals surface area contributed by atoms with Crippen LogP contribution in [-0.4, -0.2) is 15.1 Å². The predicted molar refractivity (Wildman–Crippen MR) is 108 cm³/mol. The van der Waals surface area contributed by atoms with E-state index in [1.165, 1.54) is 24.8 Å². The average Bonchev–Trinajstić information content (AvgIpc) is 2.67. The first kappa shape index (κ1) is 16.0. The van der Waals surface area contributed by atoms with Gasteiger partial charge in [0.05, 0.1) is 16.6 Å². The molecule has 3 nitrogen and oxygen atoms in total. The quantitative estimate of drug-likeness (QED) is 0.509. The number of nitrogens with zero attached hydrogens (tertiary/aromatic N) is 2. The number of rotatable bonds is 3. The molecule has 131 valence electrons. The summed E-state index contributed by atoms with van der Waals surface area (Å²) in [5.41, 5.74) is 6.15. The second-order valence-corrected chi connectivity index (χ2v) is 6.99. The molecule has 2 aromatic carbocycles. The number of hydrogen-bond acceptors (Lipinski definition) is 3. The molecule has 27 heavy (non-hydrogen) atoms. The van der Waals surface area contributed by atoms with Crippen molar-refractivity contribution in [3.05, 3.63) is 84.4 Å². The van der Waals surface area contributed by atoms with Crippen molar-refractivity contribution in [3.8, 4) is 28.3 Å².